The van der Waals surface area contributed by atoms with Gasteiger partial charge in [-0.1, -0.05) is 22.9 Å². The number of unbranched alkanes of at least 4 members (excludes halogenated alkanes) is 1. The molecule has 1 aliphatic heterocycles. The predicted molar refractivity (Wildman–Crippen MR) is 106 cm³/mol. The molecule has 0 bridgehead atoms. The van der Waals surface area contributed by atoms with Crippen LogP contribution in [0, 0.1) is 5.92 Å². The first-order valence-corrected chi connectivity index (χ1v) is 10.1. The van der Waals surface area contributed by atoms with Crippen LogP contribution in [0.2, 0.25) is 0 Å². The average Bonchev–Trinajstić information content (AvgIpc) is 2.58. The molecule has 1 atom stereocenters. The van der Waals surface area contributed by atoms with Gasteiger partial charge in [-0.05, 0) is 45.7 Å². The number of rotatable bonds is 6. The molecule has 2 rings (SSSR count). The van der Waals surface area contributed by atoms with Crippen molar-refractivity contribution < 1.29 is 19.1 Å². The highest BCUT2D eigenvalue weighted by atomic mass is 79.9. The topological polar surface area (TPSA) is 81.1 Å². The van der Waals surface area contributed by atoms with Crippen LogP contribution in [-0.4, -0.2) is 45.2 Å². The van der Waals surface area contributed by atoms with Crippen molar-refractivity contribution in [2.24, 2.45) is 11.0 Å². The number of halogens is 1. The number of pyridine rings is 1. The Morgan fingerprint density at radius 2 is 2.07 bits per heavy atom. The standard InChI is InChI=1S/C19H26BrN3O4/c1-13-11-16(24)23(18(25)27-19(2,3)4)22-17(13)15-8-7-14(12-21-15)26-10-6-5-9-20/h7-8,12-13H,5-6,9-11H2,1-4H3. The van der Waals surface area contributed by atoms with Crippen LogP contribution in [0.4, 0.5) is 4.79 Å². The molecule has 0 radical (unpaired) electrons. The zero-order valence-corrected chi connectivity index (χ0v) is 17.8. The Kier molecular flexibility index (Phi) is 7.35. The SMILES string of the molecule is CC1CC(=O)N(C(=O)OC(C)(C)C)N=C1c1ccc(OCCCCBr)cn1. The summed E-state index contributed by atoms with van der Waals surface area (Å²) >= 11 is 3.39. The maximum Gasteiger partial charge on any atom is 0.438 e. The summed E-state index contributed by atoms with van der Waals surface area (Å²) in [5.41, 5.74) is 0.477. The predicted octanol–water partition coefficient (Wildman–Crippen LogP) is 4.14. The average molecular weight is 440 g/mol. The summed E-state index contributed by atoms with van der Waals surface area (Å²) in [7, 11) is 0. The summed E-state index contributed by atoms with van der Waals surface area (Å²) in [6, 6.07) is 3.61. The number of carbonyl (C=O) groups excluding carboxylic acids is 2. The lowest BCUT2D eigenvalue weighted by Gasteiger charge is -2.28. The molecule has 2 amide bonds. The van der Waals surface area contributed by atoms with E-state index in [2.05, 4.69) is 26.0 Å². The lowest BCUT2D eigenvalue weighted by molar-refractivity contribution is -0.131. The Balaban J connectivity index is 2.13. The molecule has 0 fully saturated rings. The van der Waals surface area contributed by atoms with E-state index < -0.39 is 11.7 Å². The summed E-state index contributed by atoms with van der Waals surface area (Å²) in [4.78, 5) is 28.9. The Hall–Kier alpha value is -1.96. The van der Waals surface area contributed by atoms with Gasteiger partial charge in [0.2, 0.25) is 0 Å². The van der Waals surface area contributed by atoms with E-state index in [0.29, 0.717) is 23.8 Å². The van der Waals surface area contributed by atoms with Gasteiger partial charge in [-0.2, -0.15) is 5.10 Å². The van der Waals surface area contributed by atoms with E-state index in [1.165, 1.54) is 0 Å². The number of nitrogens with zero attached hydrogens (tertiary/aromatic N) is 3. The van der Waals surface area contributed by atoms with Crippen LogP contribution in [-0.2, 0) is 9.53 Å². The number of hydrogen-bond donors (Lipinski definition) is 0. The minimum absolute atomic E-state index is 0.144. The first-order chi connectivity index (χ1) is 12.7. The van der Waals surface area contributed by atoms with Crippen LogP contribution in [0.15, 0.2) is 23.4 Å². The number of imide groups is 1. The summed E-state index contributed by atoms with van der Waals surface area (Å²) in [5, 5.41) is 5.99. The molecule has 1 aromatic rings. The van der Waals surface area contributed by atoms with Crippen LogP contribution >= 0.6 is 15.9 Å². The number of amides is 2. The normalized spacial score (nSPS) is 17.5. The zero-order chi connectivity index (χ0) is 20.0. The number of aromatic nitrogens is 1. The fraction of sp³-hybridized carbons (Fsp3) is 0.579. The molecule has 0 aliphatic carbocycles. The molecule has 1 aliphatic rings. The second kappa shape index (κ2) is 9.30. The Morgan fingerprint density at radius 1 is 1.33 bits per heavy atom. The second-order valence-electron chi connectivity index (χ2n) is 7.40. The van der Waals surface area contributed by atoms with Gasteiger partial charge >= 0.3 is 6.09 Å². The van der Waals surface area contributed by atoms with Crippen molar-refractivity contribution in [2.75, 3.05) is 11.9 Å². The molecule has 8 heteroatoms. The van der Waals surface area contributed by atoms with E-state index in [4.69, 9.17) is 9.47 Å². The number of alkyl halides is 1. The fourth-order valence-electron chi connectivity index (χ4n) is 2.46. The largest absolute Gasteiger partial charge is 0.492 e. The Labute approximate surface area is 168 Å². The molecule has 7 nitrogen and oxygen atoms in total. The van der Waals surface area contributed by atoms with Gasteiger partial charge in [0.25, 0.3) is 5.91 Å². The highest BCUT2D eigenvalue weighted by molar-refractivity contribution is 9.09. The molecule has 2 heterocycles. The minimum atomic E-state index is -0.774. The van der Waals surface area contributed by atoms with Crippen LogP contribution in [0.25, 0.3) is 0 Å². The minimum Gasteiger partial charge on any atom is -0.492 e. The first kappa shape index (κ1) is 21.3. The molecule has 27 heavy (non-hydrogen) atoms. The Bertz CT molecular complexity index is 698. The van der Waals surface area contributed by atoms with Crippen molar-refractivity contribution >= 4 is 33.6 Å². The van der Waals surface area contributed by atoms with E-state index >= 15 is 0 Å². The van der Waals surface area contributed by atoms with Crippen LogP contribution < -0.4 is 4.74 Å². The molecule has 0 saturated heterocycles. The van der Waals surface area contributed by atoms with Gasteiger partial charge in [0.1, 0.15) is 11.4 Å². The van der Waals surface area contributed by atoms with Crippen molar-refractivity contribution in [3.63, 3.8) is 0 Å². The zero-order valence-electron chi connectivity index (χ0n) is 16.2. The van der Waals surface area contributed by atoms with E-state index in [0.717, 1.165) is 23.2 Å². The molecule has 0 saturated carbocycles. The highest BCUT2D eigenvalue weighted by Gasteiger charge is 2.34. The maximum absolute atomic E-state index is 12.3. The molecule has 1 aromatic heterocycles. The van der Waals surface area contributed by atoms with Gasteiger partial charge in [0, 0.05) is 17.7 Å². The third-order valence-electron chi connectivity index (χ3n) is 3.75. The molecule has 1 unspecified atom stereocenters. The number of hydrogen-bond acceptors (Lipinski definition) is 6. The summed E-state index contributed by atoms with van der Waals surface area (Å²) < 4.78 is 10.9. The summed E-state index contributed by atoms with van der Waals surface area (Å²) in [6.45, 7) is 7.74. The Morgan fingerprint density at radius 3 is 2.67 bits per heavy atom. The third kappa shape index (κ3) is 6.30. The van der Waals surface area contributed by atoms with E-state index in [1.807, 2.05) is 13.0 Å². The van der Waals surface area contributed by atoms with Gasteiger partial charge in [0.05, 0.1) is 24.2 Å². The van der Waals surface area contributed by atoms with Gasteiger partial charge in [0.15, 0.2) is 0 Å². The van der Waals surface area contributed by atoms with Gasteiger partial charge in [-0.25, -0.2) is 4.79 Å². The van der Waals surface area contributed by atoms with Crippen molar-refractivity contribution in [1.82, 2.24) is 9.99 Å². The van der Waals surface area contributed by atoms with Crippen LogP contribution in [0.3, 0.4) is 0 Å². The number of hydrazone groups is 1. The summed E-state index contributed by atoms with van der Waals surface area (Å²) in [5.74, 6) is 0.152. The highest BCUT2D eigenvalue weighted by Crippen LogP contribution is 2.23. The molecule has 0 aromatic carbocycles. The van der Waals surface area contributed by atoms with Crippen molar-refractivity contribution in [3.05, 3.63) is 24.0 Å². The van der Waals surface area contributed by atoms with Crippen LogP contribution in [0.1, 0.15) is 52.7 Å². The molecule has 148 valence electrons. The van der Waals surface area contributed by atoms with Crippen LogP contribution in [0.5, 0.6) is 5.75 Å². The summed E-state index contributed by atoms with van der Waals surface area (Å²) in [6.07, 6.45) is 3.04. The molecule has 0 N–H and O–H groups in total. The first-order valence-electron chi connectivity index (χ1n) is 9.01. The van der Waals surface area contributed by atoms with Crippen molar-refractivity contribution in [2.45, 2.75) is 52.6 Å². The smallest absolute Gasteiger partial charge is 0.438 e. The van der Waals surface area contributed by atoms with Crippen molar-refractivity contribution in [3.8, 4) is 5.75 Å². The van der Waals surface area contributed by atoms with Gasteiger partial charge in [-0.15, -0.1) is 5.01 Å². The second-order valence-corrected chi connectivity index (χ2v) is 8.19. The third-order valence-corrected chi connectivity index (χ3v) is 4.31. The van der Waals surface area contributed by atoms with Gasteiger partial charge in [-0.3, -0.25) is 9.78 Å². The van der Waals surface area contributed by atoms with E-state index in [1.54, 1.807) is 33.0 Å². The van der Waals surface area contributed by atoms with E-state index in [9.17, 15) is 9.59 Å². The quantitative estimate of drug-likeness (QED) is 0.491. The lowest BCUT2D eigenvalue weighted by atomic mass is 9.97. The van der Waals surface area contributed by atoms with Gasteiger partial charge < -0.3 is 9.47 Å². The molecule has 0 spiro atoms. The fourth-order valence-corrected chi connectivity index (χ4v) is 2.86. The number of ether oxygens (including phenoxy) is 2. The lowest BCUT2D eigenvalue weighted by Crippen LogP contribution is -2.42. The maximum atomic E-state index is 12.3. The van der Waals surface area contributed by atoms with Crippen molar-refractivity contribution in [1.29, 1.82) is 0 Å². The molecular formula is C19H26BrN3O4. The monoisotopic (exact) mass is 439 g/mol. The van der Waals surface area contributed by atoms with E-state index in [-0.39, 0.29) is 18.2 Å². The number of carbonyl (C=O) groups is 2. The molecular weight excluding hydrogens is 414 g/mol.